The minimum Gasteiger partial charge on any atom is -0.355 e. The maximum absolute atomic E-state index is 12.1. The molecule has 0 saturated carbocycles. The highest BCUT2D eigenvalue weighted by molar-refractivity contribution is 5.81. The van der Waals surface area contributed by atoms with Crippen LogP contribution in [-0.2, 0) is 14.4 Å². The van der Waals surface area contributed by atoms with Gasteiger partial charge in [0, 0.05) is 51.7 Å². The second-order valence-electron chi connectivity index (χ2n) is 8.74. The number of Topliss-reactive ketones (excluding diaryl/α,β-unsaturated/α-hetero) is 1. The highest BCUT2D eigenvalue weighted by Crippen LogP contribution is 2.09. The number of hydrogen-bond acceptors (Lipinski definition) is 6. The van der Waals surface area contributed by atoms with Crippen molar-refractivity contribution in [2.75, 3.05) is 59.4 Å². The second-order valence-corrected chi connectivity index (χ2v) is 8.74. The van der Waals surface area contributed by atoms with E-state index in [1.165, 1.54) is 0 Å². The summed E-state index contributed by atoms with van der Waals surface area (Å²) >= 11 is 0. The van der Waals surface area contributed by atoms with Crippen LogP contribution in [0.5, 0.6) is 0 Å². The summed E-state index contributed by atoms with van der Waals surface area (Å²) in [6.07, 6.45) is 2.60. The van der Waals surface area contributed by atoms with Crippen LogP contribution in [0.4, 0.5) is 0 Å². The predicted molar refractivity (Wildman–Crippen MR) is 120 cm³/mol. The number of piperazine rings is 1. The van der Waals surface area contributed by atoms with Crippen molar-refractivity contribution in [3.8, 4) is 0 Å². The predicted octanol–water partition coefficient (Wildman–Crippen LogP) is 0.476. The van der Waals surface area contributed by atoms with Crippen molar-refractivity contribution >= 4 is 17.6 Å². The lowest BCUT2D eigenvalue weighted by molar-refractivity contribution is -0.126. The fraction of sp³-hybridized carbons (Fsp3) is 0.864. The van der Waals surface area contributed by atoms with Crippen LogP contribution in [0.2, 0.25) is 0 Å². The Kier molecular flexibility index (Phi) is 12.8. The van der Waals surface area contributed by atoms with E-state index in [1.807, 2.05) is 6.92 Å². The third kappa shape index (κ3) is 10.5. The molecule has 1 saturated heterocycles. The van der Waals surface area contributed by atoms with E-state index >= 15 is 0 Å². The van der Waals surface area contributed by atoms with Crippen molar-refractivity contribution in [1.82, 2.24) is 25.8 Å². The molecule has 3 N–H and O–H groups in total. The van der Waals surface area contributed by atoms with Gasteiger partial charge in [-0.05, 0) is 39.2 Å². The first-order valence-corrected chi connectivity index (χ1v) is 11.4. The first-order chi connectivity index (χ1) is 14.2. The Morgan fingerprint density at radius 2 is 1.53 bits per heavy atom. The molecular weight excluding hydrogens is 382 g/mol. The Morgan fingerprint density at radius 3 is 2.10 bits per heavy atom. The van der Waals surface area contributed by atoms with Crippen LogP contribution in [0.15, 0.2) is 0 Å². The largest absolute Gasteiger partial charge is 0.355 e. The van der Waals surface area contributed by atoms with Gasteiger partial charge in [0.05, 0.1) is 12.6 Å². The van der Waals surface area contributed by atoms with Gasteiger partial charge in [-0.25, -0.2) is 0 Å². The standard InChI is InChI=1S/C22H43N5O3/c1-17(2)18(3)22(30)25-10-11-26-12-14-27(15-13-26)16-21(29)24-9-7-6-8-20(23-5)19(4)28/h17-18,20,23H,6-16H2,1-5H3,(H,24,29)(H,25,30). The molecule has 8 nitrogen and oxygen atoms in total. The number of unbranched alkanes of at least 4 members (excludes halogenated alkanes) is 1. The van der Waals surface area contributed by atoms with Gasteiger partial charge in [0.15, 0.2) is 0 Å². The first kappa shape index (κ1) is 26.5. The van der Waals surface area contributed by atoms with E-state index in [2.05, 4.69) is 39.6 Å². The van der Waals surface area contributed by atoms with Gasteiger partial charge in [-0.2, -0.15) is 0 Å². The smallest absolute Gasteiger partial charge is 0.234 e. The van der Waals surface area contributed by atoms with Gasteiger partial charge >= 0.3 is 0 Å². The Hall–Kier alpha value is -1.51. The lowest BCUT2D eigenvalue weighted by Crippen LogP contribution is -2.51. The average molecular weight is 426 g/mol. The Morgan fingerprint density at radius 1 is 0.900 bits per heavy atom. The Bertz CT molecular complexity index is 533. The molecule has 2 atom stereocenters. The molecule has 1 aliphatic rings. The third-order valence-electron chi connectivity index (χ3n) is 6.05. The number of ketones is 1. The number of likely N-dealkylation sites (N-methyl/N-ethyl adjacent to an activating group) is 1. The van der Waals surface area contributed by atoms with Gasteiger partial charge in [0.2, 0.25) is 11.8 Å². The molecule has 0 aromatic rings. The van der Waals surface area contributed by atoms with Gasteiger partial charge in [0.1, 0.15) is 5.78 Å². The summed E-state index contributed by atoms with van der Waals surface area (Å²) in [7, 11) is 1.80. The summed E-state index contributed by atoms with van der Waals surface area (Å²) in [6, 6.07) is -0.0797. The number of amides is 2. The summed E-state index contributed by atoms with van der Waals surface area (Å²) in [4.78, 5) is 40.0. The van der Waals surface area contributed by atoms with E-state index in [9.17, 15) is 14.4 Å². The summed E-state index contributed by atoms with van der Waals surface area (Å²) in [5.74, 6) is 0.746. The molecule has 1 heterocycles. The maximum Gasteiger partial charge on any atom is 0.234 e. The molecule has 0 aromatic heterocycles. The van der Waals surface area contributed by atoms with Gasteiger partial charge < -0.3 is 16.0 Å². The maximum atomic E-state index is 12.1. The molecule has 1 fully saturated rings. The molecule has 0 aromatic carbocycles. The van der Waals surface area contributed by atoms with Gasteiger partial charge in [-0.1, -0.05) is 20.8 Å². The van der Waals surface area contributed by atoms with Crippen LogP contribution in [0, 0.1) is 11.8 Å². The fourth-order valence-electron chi connectivity index (χ4n) is 3.48. The third-order valence-corrected chi connectivity index (χ3v) is 6.05. The van der Waals surface area contributed by atoms with Crippen molar-refractivity contribution in [2.24, 2.45) is 11.8 Å². The molecule has 2 amide bonds. The lowest BCUT2D eigenvalue weighted by atomic mass is 9.97. The monoisotopic (exact) mass is 425 g/mol. The molecule has 30 heavy (non-hydrogen) atoms. The zero-order valence-corrected chi connectivity index (χ0v) is 19.6. The molecule has 0 spiro atoms. The van der Waals surface area contributed by atoms with Crippen LogP contribution < -0.4 is 16.0 Å². The lowest BCUT2D eigenvalue weighted by Gasteiger charge is -2.34. The van der Waals surface area contributed by atoms with E-state index in [0.717, 1.165) is 52.0 Å². The zero-order valence-electron chi connectivity index (χ0n) is 19.6. The molecule has 2 unspecified atom stereocenters. The average Bonchev–Trinajstić information content (AvgIpc) is 2.70. The summed E-state index contributed by atoms with van der Waals surface area (Å²) < 4.78 is 0. The minimum absolute atomic E-state index is 0.0410. The van der Waals surface area contributed by atoms with Gasteiger partial charge in [-0.3, -0.25) is 24.2 Å². The van der Waals surface area contributed by atoms with Crippen LogP contribution in [-0.4, -0.2) is 92.8 Å². The molecule has 0 aliphatic carbocycles. The molecule has 174 valence electrons. The van der Waals surface area contributed by atoms with Crippen molar-refractivity contribution in [1.29, 1.82) is 0 Å². The van der Waals surface area contributed by atoms with E-state index in [4.69, 9.17) is 0 Å². The topological polar surface area (TPSA) is 93.8 Å². The van der Waals surface area contributed by atoms with Crippen LogP contribution in [0.1, 0.15) is 47.0 Å². The Balaban J connectivity index is 2.10. The number of carbonyl (C=O) groups excluding carboxylic acids is 3. The normalized spacial score (nSPS) is 17.5. The number of carbonyl (C=O) groups is 3. The summed E-state index contributed by atoms with van der Waals surface area (Å²) in [5.41, 5.74) is 0. The van der Waals surface area contributed by atoms with Crippen LogP contribution in [0.3, 0.4) is 0 Å². The highest BCUT2D eigenvalue weighted by Gasteiger charge is 2.20. The summed E-state index contributed by atoms with van der Waals surface area (Å²) in [5, 5.41) is 9.02. The molecule has 8 heteroatoms. The van der Waals surface area contributed by atoms with Crippen LogP contribution >= 0.6 is 0 Å². The molecule has 0 bridgehead atoms. The summed E-state index contributed by atoms with van der Waals surface area (Å²) in [6.45, 7) is 13.9. The number of hydrogen-bond donors (Lipinski definition) is 3. The SMILES string of the molecule is CNC(CCCCNC(=O)CN1CCN(CCNC(=O)C(C)C(C)C)CC1)C(C)=O. The second kappa shape index (κ2) is 14.5. The minimum atomic E-state index is -0.0797. The molecule has 0 radical (unpaired) electrons. The van der Waals surface area contributed by atoms with Gasteiger partial charge in [-0.15, -0.1) is 0 Å². The first-order valence-electron chi connectivity index (χ1n) is 11.4. The number of nitrogens with one attached hydrogen (secondary N) is 3. The molecule has 1 rings (SSSR count). The van der Waals surface area contributed by atoms with E-state index in [-0.39, 0.29) is 29.6 Å². The highest BCUT2D eigenvalue weighted by atomic mass is 16.2. The number of nitrogens with zero attached hydrogens (tertiary/aromatic N) is 2. The van der Waals surface area contributed by atoms with Crippen molar-refractivity contribution in [3.05, 3.63) is 0 Å². The van der Waals surface area contributed by atoms with E-state index < -0.39 is 0 Å². The van der Waals surface area contributed by atoms with E-state index in [0.29, 0.717) is 25.6 Å². The van der Waals surface area contributed by atoms with Crippen molar-refractivity contribution in [2.45, 2.75) is 53.0 Å². The van der Waals surface area contributed by atoms with Crippen molar-refractivity contribution < 1.29 is 14.4 Å². The molecular formula is C22H43N5O3. The van der Waals surface area contributed by atoms with Crippen LogP contribution in [0.25, 0.3) is 0 Å². The van der Waals surface area contributed by atoms with Crippen molar-refractivity contribution in [3.63, 3.8) is 0 Å². The Labute approximate surface area is 182 Å². The number of rotatable bonds is 14. The van der Waals surface area contributed by atoms with Gasteiger partial charge in [0.25, 0.3) is 0 Å². The fourth-order valence-corrected chi connectivity index (χ4v) is 3.48. The zero-order chi connectivity index (χ0) is 22.5. The molecule has 1 aliphatic heterocycles. The quantitative estimate of drug-likeness (QED) is 0.351. The van der Waals surface area contributed by atoms with E-state index in [1.54, 1.807) is 14.0 Å².